The van der Waals surface area contributed by atoms with E-state index in [1.54, 1.807) is 27.0 Å². The number of epoxide rings is 1. The van der Waals surface area contributed by atoms with Gasteiger partial charge in [-0.25, -0.2) is 4.79 Å². The van der Waals surface area contributed by atoms with E-state index in [1.165, 1.54) is 6.08 Å². The van der Waals surface area contributed by atoms with Crippen molar-refractivity contribution in [3.63, 3.8) is 0 Å². The molecule has 0 spiro atoms. The van der Waals surface area contributed by atoms with Crippen molar-refractivity contribution < 1.29 is 33.8 Å². The van der Waals surface area contributed by atoms with Crippen LogP contribution in [0.25, 0.3) is 0 Å². The summed E-state index contributed by atoms with van der Waals surface area (Å²) in [6.07, 6.45) is 6.14. The zero-order valence-electron chi connectivity index (χ0n) is 31.5. The molecule has 0 bridgehead atoms. The molecule has 6 N–H and O–H groups in total. The van der Waals surface area contributed by atoms with Gasteiger partial charge in [0, 0.05) is 19.5 Å². The minimum Gasteiger partial charge on any atom is -0.496 e. The number of aliphatic carboxylic acids is 1. The maximum absolute atomic E-state index is 13.6. The van der Waals surface area contributed by atoms with Gasteiger partial charge in [0.05, 0.1) is 18.6 Å². The van der Waals surface area contributed by atoms with Crippen molar-refractivity contribution in [2.75, 3.05) is 13.7 Å². The largest absolute Gasteiger partial charge is 0.496 e. The summed E-state index contributed by atoms with van der Waals surface area (Å²) in [4.78, 5) is 51.8. The van der Waals surface area contributed by atoms with Gasteiger partial charge in [-0.05, 0) is 85.3 Å². The van der Waals surface area contributed by atoms with Gasteiger partial charge in [-0.2, -0.15) is 0 Å². The summed E-state index contributed by atoms with van der Waals surface area (Å²) in [5, 5.41) is 18.0. The van der Waals surface area contributed by atoms with E-state index in [9.17, 15) is 24.3 Å². The quantitative estimate of drug-likeness (QED) is 0.100. The first kappa shape index (κ1) is 41.2. The van der Waals surface area contributed by atoms with Gasteiger partial charge in [0.2, 0.25) is 17.7 Å². The van der Waals surface area contributed by atoms with E-state index < -0.39 is 41.2 Å². The molecule has 0 radical (unpaired) electrons. The van der Waals surface area contributed by atoms with E-state index in [4.69, 9.17) is 15.2 Å². The molecule has 280 valence electrons. The fourth-order valence-electron chi connectivity index (χ4n) is 5.96. The average molecular weight is 707 g/mol. The average Bonchev–Trinajstić information content (AvgIpc) is 3.89. The summed E-state index contributed by atoms with van der Waals surface area (Å²) < 4.78 is 11.4. The first-order valence-electron chi connectivity index (χ1n) is 17.9. The number of carbonyl (C=O) groups is 4. The Bertz CT molecular complexity index is 1530. The molecule has 2 aromatic carbocycles. The summed E-state index contributed by atoms with van der Waals surface area (Å²) in [6.45, 7) is 13.6. The molecule has 0 aliphatic carbocycles. The second-order valence-electron chi connectivity index (χ2n) is 15.4. The van der Waals surface area contributed by atoms with Crippen LogP contribution in [0.3, 0.4) is 0 Å². The Balaban J connectivity index is 1.63. The third-order valence-corrected chi connectivity index (χ3v) is 9.23. The van der Waals surface area contributed by atoms with Gasteiger partial charge in [-0.1, -0.05) is 77.1 Å². The van der Waals surface area contributed by atoms with Crippen LogP contribution in [0.15, 0.2) is 54.6 Å². The van der Waals surface area contributed by atoms with E-state index in [1.807, 2.05) is 58.0 Å². The first-order valence-corrected chi connectivity index (χ1v) is 17.9. The monoisotopic (exact) mass is 706 g/mol. The first-order chi connectivity index (χ1) is 24.0. The third-order valence-electron chi connectivity index (χ3n) is 9.23. The second-order valence-corrected chi connectivity index (χ2v) is 15.4. The number of nitrogens with one attached hydrogen (secondary N) is 3. The third kappa shape index (κ3) is 12.8. The van der Waals surface area contributed by atoms with Crippen LogP contribution in [-0.4, -0.2) is 60.6 Å². The van der Waals surface area contributed by atoms with E-state index in [0.717, 1.165) is 40.8 Å². The number of allylic oxidation sites excluding steroid dienone is 1. The van der Waals surface area contributed by atoms with Gasteiger partial charge in [0.15, 0.2) is 0 Å². The molecule has 11 nitrogen and oxygen atoms in total. The maximum atomic E-state index is 13.6. The lowest BCUT2D eigenvalue weighted by molar-refractivity contribution is -0.144. The fraction of sp³-hybridized carbons (Fsp3) is 0.550. The molecule has 1 aliphatic rings. The highest BCUT2D eigenvalue weighted by Crippen LogP contribution is 2.44. The Labute approximate surface area is 303 Å². The topological polar surface area (TPSA) is 172 Å². The number of hydrogen-bond acceptors (Lipinski definition) is 7. The smallest absolute Gasteiger partial charge is 0.326 e. The molecule has 51 heavy (non-hydrogen) atoms. The molecule has 3 rings (SSSR count). The van der Waals surface area contributed by atoms with Crippen molar-refractivity contribution in [3.8, 4) is 5.75 Å². The van der Waals surface area contributed by atoms with Crippen LogP contribution in [0.2, 0.25) is 0 Å². The Morgan fingerprint density at radius 1 is 1.00 bits per heavy atom. The van der Waals surface area contributed by atoms with Crippen LogP contribution in [0.4, 0.5) is 0 Å². The fourth-order valence-corrected chi connectivity index (χ4v) is 5.96. The number of amides is 3. The zero-order chi connectivity index (χ0) is 37.9. The van der Waals surface area contributed by atoms with Gasteiger partial charge < -0.3 is 36.3 Å². The molecule has 0 aromatic heterocycles. The number of nitrogens with two attached hydrogens (primary N) is 1. The molecule has 2 aromatic rings. The van der Waals surface area contributed by atoms with Crippen LogP contribution in [0.1, 0.15) is 96.1 Å². The molecule has 3 amide bonds. The molecule has 11 heteroatoms. The number of carbonyl (C=O) groups excluding carboxylic acids is 3. The molecule has 1 fully saturated rings. The van der Waals surface area contributed by atoms with Crippen LogP contribution < -0.4 is 26.4 Å². The summed E-state index contributed by atoms with van der Waals surface area (Å²) in [5.74, 6) is -1.44. The van der Waals surface area contributed by atoms with Crippen molar-refractivity contribution in [3.05, 3.63) is 76.9 Å². The van der Waals surface area contributed by atoms with Crippen molar-refractivity contribution in [1.29, 1.82) is 0 Å². The normalized spacial score (nSPS) is 17.7. The van der Waals surface area contributed by atoms with Crippen molar-refractivity contribution in [1.82, 2.24) is 16.0 Å². The summed E-state index contributed by atoms with van der Waals surface area (Å²) >= 11 is 0. The highest BCUT2D eigenvalue weighted by molar-refractivity contribution is 5.93. The molecular weight excluding hydrogens is 648 g/mol. The lowest BCUT2D eigenvalue weighted by atomic mass is 9.86. The van der Waals surface area contributed by atoms with Crippen LogP contribution >= 0.6 is 0 Å². The van der Waals surface area contributed by atoms with Crippen LogP contribution in [0, 0.1) is 16.7 Å². The molecule has 1 aliphatic heterocycles. The number of hydrogen-bond donors (Lipinski definition) is 5. The number of rotatable bonds is 19. The Hall–Kier alpha value is -4.22. The standard InChI is InChI=1S/C40H58N4O7/c1-9-28-20-27(16-19-32(28)50-8)21-30(36(46)42-24-40(6,7)38(49)44-31(37(47)48)22-39(3,4)5)43-33(45)13-11-10-12-25(2)34-35(51-34)29-17-14-26(23-41)15-18-29/h11,13-20,25,30-31,34-35H,9-10,12,21-24,41H2,1-8H3,(H,42,46)(H,43,45)(H,44,49)(H,47,48)/b13-11+/t25-,30+,31-,34?,35?/m0/s1. The predicted octanol–water partition coefficient (Wildman–Crippen LogP) is 5.00. The molecule has 2 unspecified atom stereocenters. The van der Waals surface area contributed by atoms with E-state index in [0.29, 0.717) is 13.0 Å². The van der Waals surface area contributed by atoms with Gasteiger partial charge in [0.25, 0.3) is 0 Å². The highest BCUT2D eigenvalue weighted by Gasteiger charge is 2.43. The van der Waals surface area contributed by atoms with Crippen molar-refractivity contribution >= 4 is 23.7 Å². The number of carboxylic acids is 1. The molecular formula is C40H58N4O7. The van der Waals surface area contributed by atoms with Crippen molar-refractivity contribution in [2.24, 2.45) is 22.5 Å². The summed E-state index contributed by atoms with van der Waals surface area (Å²) in [6, 6.07) is 11.8. The Kier molecular flexibility index (Phi) is 14.8. The lowest BCUT2D eigenvalue weighted by Gasteiger charge is -2.29. The molecule has 0 saturated carbocycles. The number of benzene rings is 2. The molecule has 5 atom stereocenters. The predicted molar refractivity (Wildman–Crippen MR) is 198 cm³/mol. The van der Waals surface area contributed by atoms with Gasteiger partial charge >= 0.3 is 5.97 Å². The van der Waals surface area contributed by atoms with E-state index >= 15 is 0 Å². The highest BCUT2D eigenvalue weighted by atomic mass is 16.6. The van der Waals surface area contributed by atoms with Crippen molar-refractivity contribution in [2.45, 2.75) is 111 Å². The minimum absolute atomic E-state index is 0.0656. The van der Waals surface area contributed by atoms with Gasteiger partial charge in [-0.15, -0.1) is 0 Å². The van der Waals surface area contributed by atoms with E-state index in [-0.39, 0.29) is 42.9 Å². The number of ether oxygens (including phenoxy) is 2. The maximum Gasteiger partial charge on any atom is 0.326 e. The number of aryl methyl sites for hydroxylation is 1. The summed E-state index contributed by atoms with van der Waals surface area (Å²) in [7, 11) is 1.61. The summed E-state index contributed by atoms with van der Waals surface area (Å²) in [5.41, 5.74) is 8.30. The SMILES string of the molecule is CCc1cc(C[C@@H](NC(=O)/C=C/CC[C@H](C)C2OC2c2ccc(CN)cc2)C(=O)NCC(C)(C)C(=O)N[C@@H](CC(C)(C)C)C(=O)O)ccc1OC. The van der Waals surface area contributed by atoms with Crippen LogP contribution in [0.5, 0.6) is 5.75 Å². The van der Waals surface area contributed by atoms with Gasteiger partial charge in [0.1, 0.15) is 23.9 Å². The van der Waals surface area contributed by atoms with Crippen LogP contribution in [-0.2, 0) is 43.3 Å². The number of methoxy groups -OCH3 is 1. The van der Waals surface area contributed by atoms with E-state index in [2.05, 4.69) is 35.0 Å². The number of carboxylic acid groups (broad SMARTS) is 1. The Morgan fingerprint density at radius 3 is 2.25 bits per heavy atom. The minimum atomic E-state index is -1.12. The van der Waals surface area contributed by atoms with Gasteiger partial charge in [-0.3, -0.25) is 14.4 Å². The molecule has 1 saturated heterocycles. The second kappa shape index (κ2) is 18.3. The zero-order valence-corrected chi connectivity index (χ0v) is 31.5. The molecule has 1 heterocycles. The Morgan fingerprint density at radius 2 is 1.67 bits per heavy atom. The lowest BCUT2D eigenvalue weighted by Crippen LogP contribution is -2.54.